The molecule has 1 aromatic heterocycles. The van der Waals surface area contributed by atoms with Crippen molar-refractivity contribution < 1.29 is 13.9 Å². The van der Waals surface area contributed by atoms with Gasteiger partial charge in [-0.2, -0.15) is 0 Å². The first-order chi connectivity index (χ1) is 8.15. The normalized spacial score (nSPS) is 12.6. The number of aliphatic hydroxyl groups is 1. The second kappa shape index (κ2) is 5.33. The molecule has 2 rings (SSSR count). The summed E-state index contributed by atoms with van der Waals surface area (Å²) in [7, 11) is 0. The van der Waals surface area contributed by atoms with E-state index in [1.54, 1.807) is 11.7 Å². The lowest BCUT2D eigenvalue weighted by Crippen LogP contribution is -2.13. The molecule has 0 aliphatic heterocycles. The lowest BCUT2D eigenvalue weighted by molar-refractivity contribution is 0.176. The molecule has 0 radical (unpaired) electrons. The zero-order chi connectivity index (χ0) is 12.3. The summed E-state index contributed by atoms with van der Waals surface area (Å²) in [6, 6.07) is 3.67. The number of nitrogens with zero attached hydrogens (tertiary/aromatic N) is 1. The number of aromatic nitrogens is 1. The van der Waals surface area contributed by atoms with Crippen LogP contribution in [-0.4, -0.2) is 16.2 Å². The van der Waals surface area contributed by atoms with E-state index in [1.165, 1.54) is 17.4 Å². The van der Waals surface area contributed by atoms with Gasteiger partial charge in [-0.15, -0.1) is 11.3 Å². The van der Waals surface area contributed by atoms with E-state index in [2.05, 4.69) is 4.98 Å². The number of hydrogen-bond donors (Lipinski definition) is 1. The first-order valence-electron chi connectivity index (χ1n) is 5.14. The summed E-state index contributed by atoms with van der Waals surface area (Å²) in [6.07, 6.45) is 1.86. The average Bonchev–Trinajstić information content (AvgIpc) is 2.76. The number of hydrogen-bond acceptors (Lipinski definition) is 3. The molecule has 1 atom stereocenters. The van der Waals surface area contributed by atoms with Gasteiger partial charge in [-0.3, -0.25) is 4.98 Å². The van der Waals surface area contributed by atoms with E-state index < -0.39 is 17.7 Å². The lowest BCUT2D eigenvalue weighted by Gasteiger charge is -2.09. The maximum atomic E-state index is 12.9. The second-order valence-corrected chi connectivity index (χ2v) is 4.75. The molecule has 5 heteroatoms. The Bertz CT molecular complexity index is 487. The minimum Gasteiger partial charge on any atom is -0.392 e. The van der Waals surface area contributed by atoms with Crippen LogP contribution in [0.25, 0.3) is 0 Å². The molecular formula is C12H11F2NOS. The predicted molar refractivity (Wildman–Crippen MR) is 61.9 cm³/mol. The SMILES string of the molecule is OC(Cc1ccc(F)c(F)c1)Cc1cncs1. The van der Waals surface area contributed by atoms with Gasteiger partial charge in [-0.25, -0.2) is 8.78 Å². The van der Waals surface area contributed by atoms with E-state index in [0.717, 1.165) is 17.0 Å². The van der Waals surface area contributed by atoms with Crippen molar-refractivity contribution in [3.63, 3.8) is 0 Å². The summed E-state index contributed by atoms with van der Waals surface area (Å²) in [5.41, 5.74) is 2.28. The molecule has 0 bridgehead atoms. The summed E-state index contributed by atoms with van der Waals surface area (Å²) in [4.78, 5) is 4.88. The quantitative estimate of drug-likeness (QED) is 0.910. The van der Waals surface area contributed by atoms with Crippen LogP contribution in [-0.2, 0) is 12.8 Å². The predicted octanol–water partition coefficient (Wildman–Crippen LogP) is 2.57. The molecule has 0 fully saturated rings. The van der Waals surface area contributed by atoms with E-state index in [-0.39, 0.29) is 0 Å². The van der Waals surface area contributed by atoms with Crippen LogP contribution < -0.4 is 0 Å². The maximum absolute atomic E-state index is 12.9. The van der Waals surface area contributed by atoms with Gasteiger partial charge in [0.05, 0.1) is 11.6 Å². The van der Waals surface area contributed by atoms with Gasteiger partial charge in [0.15, 0.2) is 11.6 Å². The third kappa shape index (κ3) is 3.31. The van der Waals surface area contributed by atoms with Crippen LogP contribution in [0.3, 0.4) is 0 Å². The third-order valence-electron chi connectivity index (χ3n) is 2.38. The molecular weight excluding hydrogens is 244 g/mol. The molecule has 1 unspecified atom stereocenters. The molecule has 0 amide bonds. The van der Waals surface area contributed by atoms with E-state index in [0.29, 0.717) is 18.4 Å². The number of halogens is 2. The Labute approximate surface area is 102 Å². The number of thiazole rings is 1. The maximum Gasteiger partial charge on any atom is 0.159 e. The summed E-state index contributed by atoms with van der Waals surface area (Å²) in [5, 5.41) is 9.80. The van der Waals surface area contributed by atoms with E-state index in [1.807, 2.05) is 0 Å². The van der Waals surface area contributed by atoms with E-state index in [9.17, 15) is 13.9 Å². The standard InChI is InChI=1S/C12H11F2NOS/c13-11-2-1-8(4-12(11)14)3-9(16)5-10-6-15-7-17-10/h1-2,4,6-7,9,16H,3,5H2. The summed E-state index contributed by atoms with van der Waals surface area (Å²) >= 11 is 1.46. The molecule has 0 aliphatic carbocycles. The molecule has 1 N–H and O–H groups in total. The van der Waals surface area contributed by atoms with Crippen LogP contribution >= 0.6 is 11.3 Å². The Hall–Kier alpha value is -1.33. The minimum absolute atomic E-state index is 0.301. The topological polar surface area (TPSA) is 33.1 Å². The summed E-state index contributed by atoms with van der Waals surface area (Å²) < 4.78 is 25.6. The van der Waals surface area contributed by atoms with Crippen LogP contribution in [0.1, 0.15) is 10.4 Å². The monoisotopic (exact) mass is 255 g/mol. The zero-order valence-corrected chi connectivity index (χ0v) is 9.75. The Balaban J connectivity index is 1.98. The number of benzene rings is 1. The fourth-order valence-electron chi connectivity index (χ4n) is 1.59. The van der Waals surface area contributed by atoms with Crippen molar-refractivity contribution in [2.45, 2.75) is 18.9 Å². The van der Waals surface area contributed by atoms with Gasteiger partial charge in [-0.05, 0) is 24.1 Å². The Morgan fingerprint density at radius 1 is 1.24 bits per heavy atom. The molecule has 0 saturated carbocycles. The van der Waals surface area contributed by atoms with Crippen molar-refractivity contribution in [2.75, 3.05) is 0 Å². The molecule has 0 spiro atoms. The minimum atomic E-state index is -0.882. The highest BCUT2D eigenvalue weighted by atomic mass is 32.1. The smallest absolute Gasteiger partial charge is 0.159 e. The van der Waals surface area contributed by atoms with Gasteiger partial charge in [-0.1, -0.05) is 6.07 Å². The molecule has 1 heterocycles. The fourth-order valence-corrected chi connectivity index (χ4v) is 2.25. The van der Waals surface area contributed by atoms with Crippen LogP contribution in [0.4, 0.5) is 8.78 Å². The summed E-state index contributed by atoms with van der Waals surface area (Å²) in [5.74, 6) is -1.75. The van der Waals surface area contributed by atoms with Crippen molar-refractivity contribution in [3.8, 4) is 0 Å². The van der Waals surface area contributed by atoms with Crippen molar-refractivity contribution in [1.82, 2.24) is 4.98 Å². The highest BCUT2D eigenvalue weighted by Crippen LogP contribution is 2.14. The molecule has 90 valence electrons. The van der Waals surface area contributed by atoms with Crippen molar-refractivity contribution in [1.29, 1.82) is 0 Å². The van der Waals surface area contributed by atoms with Gasteiger partial charge in [0.2, 0.25) is 0 Å². The van der Waals surface area contributed by atoms with Crippen LogP contribution in [0.15, 0.2) is 29.9 Å². The largest absolute Gasteiger partial charge is 0.392 e. The lowest BCUT2D eigenvalue weighted by atomic mass is 10.1. The highest BCUT2D eigenvalue weighted by Gasteiger charge is 2.10. The second-order valence-electron chi connectivity index (χ2n) is 3.78. The first kappa shape index (κ1) is 12.1. The molecule has 1 aromatic carbocycles. The van der Waals surface area contributed by atoms with Crippen molar-refractivity contribution in [3.05, 3.63) is 52.0 Å². The Kier molecular flexibility index (Phi) is 3.81. The molecule has 17 heavy (non-hydrogen) atoms. The molecule has 2 nitrogen and oxygen atoms in total. The van der Waals surface area contributed by atoms with Gasteiger partial charge in [0, 0.05) is 17.5 Å². The Morgan fingerprint density at radius 2 is 2.06 bits per heavy atom. The fraction of sp³-hybridized carbons (Fsp3) is 0.250. The number of rotatable bonds is 4. The van der Waals surface area contributed by atoms with Gasteiger partial charge >= 0.3 is 0 Å². The van der Waals surface area contributed by atoms with Gasteiger partial charge in [0.1, 0.15) is 0 Å². The third-order valence-corrected chi connectivity index (χ3v) is 3.18. The molecule has 0 aliphatic rings. The first-order valence-corrected chi connectivity index (χ1v) is 6.02. The molecule has 0 saturated heterocycles. The van der Waals surface area contributed by atoms with Crippen molar-refractivity contribution >= 4 is 11.3 Å². The average molecular weight is 255 g/mol. The molecule has 2 aromatic rings. The summed E-state index contributed by atoms with van der Waals surface area (Å²) in [6.45, 7) is 0. The van der Waals surface area contributed by atoms with Crippen molar-refractivity contribution in [2.24, 2.45) is 0 Å². The Morgan fingerprint density at radius 3 is 2.71 bits per heavy atom. The van der Waals surface area contributed by atoms with Crippen LogP contribution in [0.5, 0.6) is 0 Å². The van der Waals surface area contributed by atoms with Crippen LogP contribution in [0, 0.1) is 11.6 Å². The zero-order valence-electron chi connectivity index (χ0n) is 8.94. The van der Waals surface area contributed by atoms with E-state index >= 15 is 0 Å². The highest BCUT2D eigenvalue weighted by molar-refractivity contribution is 7.09. The van der Waals surface area contributed by atoms with Crippen LogP contribution in [0.2, 0.25) is 0 Å². The number of aliphatic hydroxyl groups excluding tert-OH is 1. The van der Waals surface area contributed by atoms with Gasteiger partial charge < -0.3 is 5.11 Å². The van der Waals surface area contributed by atoms with E-state index in [4.69, 9.17) is 0 Å². The van der Waals surface area contributed by atoms with Gasteiger partial charge in [0.25, 0.3) is 0 Å².